The van der Waals surface area contributed by atoms with Crippen molar-refractivity contribution < 1.29 is 9.59 Å². The maximum atomic E-state index is 13.0. The van der Waals surface area contributed by atoms with Crippen LogP contribution in [0.15, 0.2) is 12.7 Å². The van der Waals surface area contributed by atoms with E-state index in [-0.39, 0.29) is 11.8 Å². The number of hydrogen-bond acceptors (Lipinski definition) is 4. The summed E-state index contributed by atoms with van der Waals surface area (Å²) >= 11 is 0. The van der Waals surface area contributed by atoms with E-state index in [2.05, 4.69) is 17.0 Å². The molecular weight excluding hydrogens is 306 g/mol. The summed E-state index contributed by atoms with van der Waals surface area (Å²) in [5, 5.41) is 4.06. The third-order valence-corrected chi connectivity index (χ3v) is 5.23. The number of hydrogen-bond donors (Lipinski definition) is 0. The van der Waals surface area contributed by atoms with Crippen LogP contribution >= 0.6 is 0 Å². The topological polar surface area (TPSA) is 71.3 Å². The lowest BCUT2D eigenvalue weighted by Gasteiger charge is -2.44. The van der Waals surface area contributed by atoms with E-state index in [0.29, 0.717) is 19.5 Å². The lowest BCUT2D eigenvalue weighted by atomic mass is 9.85. The summed E-state index contributed by atoms with van der Waals surface area (Å²) < 4.78 is 1.74. The maximum absolute atomic E-state index is 13.0. The molecule has 7 heteroatoms. The minimum Gasteiger partial charge on any atom is -0.341 e. The second-order valence-electron chi connectivity index (χ2n) is 6.84. The van der Waals surface area contributed by atoms with Crippen LogP contribution in [0, 0.1) is 0 Å². The van der Waals surface area contributed by atoms with Gasteiger partial charge in [-0.25, -0.2) is 4.98 Å². The Balaban J connectivity index is 1.63. The summed E-state index contributed by atoms with van der Waals surface area (Å²) in [6.07, 6.45) is 8.88. The molecule has 0 N–H and O–H groups in total. The normalized spacial score (nSPS) is 24.1. The summed E-state index contributed by atoms with van der Waals surface area (Å²) in [6, 6.07) is 0. The minimum atomic E-state index is -0.558. The fraction of sp³-hybridized carbons (Fsp3) is 0.765. The Kier molecular flexibility index (Phi) is 5.16. The fourth-order valence-electron chi connectivity index (χ4n) is 4.15. The first kappa shape index (κ1) is 16.9. The van der Waals surface area contributed by atoms with Crippen LogP contribution in [-0.2, 0) is 16.1 Å². The highest BCUT2D eigenvalue weighted by atomic mass is 16.2. The predicted octanol–water partition coefficient (Wildman–Crippen LogP) is 1.45. The smallest absolute Gasteiger partial charge is 0.248 e. The Morgan fingerprint density at radius 3 is 2.75 bits per heavy atom. The number of likely N-dealkylation sites (tertiary alicyclic amines) is 2. The molecule has 0 aromatic carbocycles. The number of carbonyl (C=O) groups excluding carboxylic acids is 2. The lowest BCUT2D eigenvalue weighted by molar-refractivity contribution is -0.155. The summed E-state index contributed by atoms with van der Waals surface area (Å²) in [5.74, 6) is 0.289. The van der Waals surface area contributed by atoms with Crippen molar-refractivity contribution in [2.75, 3.05) is 19.6 Å². The van der Waals surface area contributed by atoms with Gasteiger partial charge in [-0.3, -0.25) is 14.3 Å². The third-order valence-electron chi connectivity index (χ3n) is 5.23. The Morgan fingerprint density at radius 2 is 2.04 bits per heavy atom. The zero-order valence-corrected chi connectivity index (χ0v) is 14.5. The zero-order valence-electron chi connectivity index (χ0n) is 14.5. The molecule has 2 fully saturated rings. The molecule has 0 aliphatic carbocycles. The molecule has 132 valence electrons. The van der Waals surface area contributed by atoms with Gasteiger partial charge in [-0.15, -0.1) is 0 Å². The largest absolute Gasteiger partial charge is 0.341 e. The van der Waals surface area contributed by atoms with Crippen LogP contribution in [-0.4, -0.2) is 61.6 Å². The molecule has 1 aromatic rings. The zero-order chi connectivity index (χ0) is 17.0. The van der Waals surface area contributed by atoms with Crippen molar-refractivity contribution in [3.8, 4) is 0 Å². The van der Waals surface area contributed by atoms with E-state index < -0.39 is 5.54 Å². The SMILES string of the molecule is CCCN1CCCC2(CCCN2C(=O)CCCn2cncn2)C1=O. The highest BCUT2D eigenvalue weighted by Crippen LogP contribution is 2.38. The van der Waals surface area contributed by atoms with Gasteiger partial charge in [0.15, 0.2) is 0 Å². The van der Waals surface area contributed by atoms with E-state index in [1.54, 1.807) is 11.0 Å². The monoisotopic (exact) mass is 333 g/mol. The van der Waals surface area contributed by atoms with Gasteiger partial charge in [0.1, 0.15) is 18.2 Å². The number of aryl methyl sites for hydroxylation is 1. The molecular formula is C17H27N5O2. The molecule has 0 saturated carbocycles. The summed E-state index contributed by atoms with van der Waals surface area (Å²) in [5.41, 5.74) is -0.558. The molecule has 2 aliphatic rings. The van der Waals surface area contributed by atoms with Crippen molar-refractivity contribution in [1.29, 1.82) is 0 Å². The van der Waals surface area contributed by atoms with E-state index in [1.807, 2.05) is 9.80 Å². The van der Waals surface area contributed by atoms with E-state index in [4.69, 9.17) is 0 Å². The van der Waals surface area contributed by atoms with Crippen molar-refractivity contribution in [2.45, 2.75) is 64.0 Å². The fourth-order valence-corrected chi connectivity index (χ4v) is 4.15. The van der Waals surface area contributed by atoms with Gasteiger partial charge in [-0.2, -0.15) is 5.10 Å². The van der Waals surface area contributed by atoms with Gasteiger partial charge < -0.3 is 9.80 Å². The van der Waals surface area contributed by atoms with Crippen LogP contribution in [0.25, 0.3) is 0 Å². The molecule has 2 saturated heterocycles. The number of piperidine rings is 1. The third kappa shape index (κ3) is 3.16. The first-order chi connectivity index (χ1) is 11.7. The molecule has 2 amide bonds. The van der Waals surface area contributed by atoms with Gasteiger partial charge in [0.05, 0.1) is 0 Å². The molecule has 1 unspecified atom stereocenters. The van der Waals surface area contributed by atoms with Crippen LogP contribution in [0.4, 0.5) is 0 Å². The first-order valence-corrected chi connectivity index (χ1v) is 9.09. The van der Waals surface area contributed by atoms with Gasteiger partial charge >= 0.3 is 0 Å². The van der Waals surface area contributed by atoms with E-state index in [9.17, 15) is 9.59 Å². The van der Waals surface area contributed by atoms with Gasteiger partial charge in [-0.1, -0.05) is 6.92 Å². The maximum Gasteiger partial charge on any atom is 0.248 e. The van der Waals surface area contributed by atoms with Crippen LogP contribution in [0.1, 0.15) is 51.9 Å². The van der Waals surface area contributed by atoms with Gasteiger partial charge in [0.25, 0.3) is 0 Å². The quantitative estimate of drug-likeness (QED) is 0.790. The van der Waals surface area contributed by atoms with Crippen molar-refractivity contribution in [1.82, 2.24) is 24.6 Å². The number of rotatable bonds is 6. The van der Waals surface area contributed by atoms with E-state index in [0.717, 1.165) is 51.6 Å². The number of carbonyl (C=O) groups is 2. The highest BCUT2D eigenvalue weighted by molar-refractivity contribution is 5.92. The first-order valence-electron chi connectivity index (χ1n) is 9.09. The van der Waals surface area contributed by atoms with E-state index in [1.165, 1.54) is 6.33 Å². The minimum absolute atomic E-state index is 0.110. The Morgan fingerprint density at radius 1 is 1.25 bits per heavy atom. The molecule has 3 heterocycles. The average molecular weight is 333 g/mol. The molecule has 1 aromatic heterocycles. The molecule has 2 aliphatic heterocycles. The Bertz CT molecular complexity index is 572. The molecule has 24 heavy (non-hydrogen) atoms. The molecule has 7 nitrogen and oxygen atoms in total. The second kappa shape index (κ2) is 7.32. The number of nitrogens with zero attached hydrogens (tertiary/aromatic N) is 5. The van der Waals surface area contributed by atoms with E-state index >= 15 is 0 Å². The number of amides is 2. The van der Waals surface area contributed by atoms with Crippen molar-refractivity contribution in [3.63, 3.8) is 0 Å². The van der Waals surface area contributed by atoms with Crippen molar-refractivity contribution in [2.24, 2.45) is 0 Å². The second-order valence-corrected chi connectivity index (χ2v) is 6.84. The summed E-state index contributed by atoms with van der Waals surface area (Å²) in [7, 11) is 0. The van der Waals surface area contributed by atoms with Crippen molar-refractivity contribution in [3.05, 3.63) is 12.7 Å². The standard InChI is InChI=1S/C17H27N5O2/c1-2-9-20-10-4-7-17(16(20)24)8-5-12-22(17)15(23)6-3-11-21-14-18-13-19-21/h13-14H,2-12H2,1H3. The average Bonchev–Trinajstić information content (AvgIpc) is 3.22. The molecule has 1 atom stereocenters. The van der Waals surface area contributed by atoms with Crippen LogP contribution in [0.3, 0.4) is 0 Å². The van der Waals surface area contributed by atoms with Crippen molar-refractivity contribution >= 4 is 11.8 Å². The highest BCUT2D eigenvalue weighted by Gasteiger charge is 2.52. The Labute approximate surface area is 143 Å². The molecule has 0 radical (unpaired) electrons. The van der Waals surface area contributed by atoms with Crippen LogP contribution in [0.5, 0.6) is 0 Å². The van der Waals surface area contributed by atoms with Crippen LogP contribution in [0.2, 0.25) is 0 Å². The Hall–Kier alpha value is -1.92. The van der Waals surface area contributed by atoms with Gasteiger partial charge in [-0.05, 0) is 38.5 Å². The predicted molar refractivity (Wildman–Crippen MR) is 89.0 cm³/mol. The number of aromatic nitrogens is 3. The lowest BCUT2D eigenvalue weighted by Crippen LogP contribution is -2.61. The molecule has 0 bridgehead atoms. The van der Waals surface area contributed by atoms with Gasteiger partial charge in [0, 0.05) is 32.6 Å². The summed E-state index contributed by atoms with van der Waals surface area (Å²) in [4.78, 5) is 33.5. The molecule has 3 rings (SSSR count). The molecule has 1 spiro atoms. The van der Waals surface area contributed by atoms with Gasteiger partial charge in [0.2, 0.25) is 11.8 Å². The summed E-state index contributed by atoms with van der Waals surface area (Å²) in [6.45, 7) is 5.13. The van der Waals surface area contributed by atoms with Crippen LogP contribution < -0.4 is 0 Å².